The van der Waals surface area contributed by atoms with Gasteiger partial charge in [0.15, 0.2) is 9.84 Å². The summed E-state index contributed by atoms with van der Waals surface area (Å²) in [7, 11) is -1.13. The Morgan fingerprint density at radius 3 is 2.58 bits per heavy atom. The van der Waals surface area contributed by atoms with Gasteiger partial charge in [0.25, 0.3) is 0 Å². The van der Waals surface area contributed by atoms with E-state index in [-0.39, 0.29) is 11.3 Å². The van der Waals surface area contributed by atoms with E-state index in [1.165, 1.54) is 6.26 Å². The number of nitrogens with zero attached hydrogens (tertiary/aromatic N) is 3. The van der Waals surface area contributed by atoms with Crippen molar-refractivity contribution in [2.45, 2.75) is 43.5 Å². The van der Waals surface area contributed by atoms with Crippen LogP contribution in [0.4, 0.5) is 0 Å². The van der Waals surface area contributed by atoms with Crippen LogP contribution in [-0.4, -0.2) is 48.1 Å². The van der Waals surface area contributed by atoms with Crippen LogP contribution in [0.15, 0.2) is 34.7 Å². The molecule has 0 bridgehead atoms. The third-order valence-electron chi connectivity index (χ3n) is 4.66. The van der Waals surface area contributed by atoms with E-state index in [2.05, 4.69) is 10.2 Å². The van der Waals surface area contributed by atoms with Gasteiger partial charge in [-0.3, -0.25) is 4.90 Å². The van der Waals surface area contributed by atoms with Crippen LogP contribution in [0.5, 0.6) is 0 Å². The highest BCUT2D eigenvalue weighted by molar-refractivity contribution is 7.91. The molecule has 0 spiro atoms. The quantitative estimate of drug-likeness (QED) is 0.825. The Morgan fingerprint density at radius 2 is 1.88 bits per heavy atom. The second kappa shape index (κ2) is 7.03. The molecule has 2 aromatic rings. The van der Waals surface area contributed by atoms with Crippen molar-refractivity contribution >= 4 is 9.84 Å². The first-order valence-corrected chi connectivity index (χ1v) is 10.2. The van der Waals surface area contributed by atoms with Crippen LogP contribution < -0.4 is 0 Å². The second-order valence-electron chi connectivity index (χ2n) is 6.50. The van der Waals surface area contributed by atoms with E-state index in [0.717, 1.165) is 31.2 Å². The van der Waals surface area contributed by atoms with Crippen LogP contribution >= 0.6 is 0 Å². The lowest BCUT2D eigenvalue weighted by atomic mass is 9.94. The first-order valence-electron chi connectivity index (χ1n) is 8.22. The largest absolute Gasteiger partial charge is 0.419 e. The summed E-state index contributed by atoms with van der Waals surface area (Å²) in [6, 6.07) is 9.61. The molecular weight excluding hydrogens is 326 g/mol. The SMILES string of the molecule is CN(Cc1nnc(-c2ccccc2)o1)C1CCCCC1S(C)(=O)=O. The summed E-state index contributed by atoms with van der Waals surface area (Å²) in [6.45, 7) is 0.455. The van der Waals surface area contributed by atoms with Gasteiger partial charge in [-0.15, -0.1) is 10.2 Å². The third-order valence-corrected chi connectivity index (χ3v) is 6.31. The molecule has 2 unspecified atom stereocenters. The number of hydrogen-bond donors (Lipinski definition) is 0. The lowest BCUT2D eigenvalue weighted by Gasteiger charge is -2.36. The lowest BCUT2D eigenvalue weighted by molar-refractivity contribution is 0.173. The molecule has 1 fully saturated rings. The Hall–Kier alpha value is -1.73. The molecular formula is C17H23N3O3S. The van der Waals surface area contributed by atoms with Gasteiger partial charge in [0.05, 0.1) is 11.8 Å². The standard InChI is InChI=1S/C17H23N3O3S/c1-20(14-10-6-7-11-15(14)24(2,21)22)12-16-18-19-17(23-16)13-8-4-3-5-9-13/h3-5,8-9,14-15H,6-7,10-12H2,1-2H3. The number of hydrogen-bond acceptors (Lipinski definition) is 6. The van der Waals surface area contributed by atoms with Gasteiger partial charge in [-0.1, -0.05) is 31.0 Å². The summed E-state index contributed by atoms with van der Waals surface area (Å²) in [4.78, 5) is 2.03. The van der Waals surface area contributed by atoms with Gasteiger partial charge in [-0.25, -0.2) is 8.42 Å². The maximum atomic E-state index is 12.1. The minimum atomic E-state index is -3.06. The molecule has 0 saturated heterocycles. The van der Waals surface area contributed by atoms with E-state index in [1.54, 1.807) is 0 Å². The number of aromatic nitrogens is 2. The topological polar surface area (TPSA) is 76.3 Å². The Balaban J connectivity index is 1.72. The minimum absolute atomic E-state index is 0.000764. The summed E-state index contributed by atoms with van der Waals surface area (Å²) >= 11 is 0. The van der Waals surface area contributed by atoms with Crippen molar-refractivity contribution in [1.29, 1.82) is 0 Å². The molecule has 7 heteroatoms. The zero-order valence-corrected chi connectivity index (χ0v) is 14.9. The fraction of sp³-hybridized carbons (Fsp3) is 0.529. The van der Waals surface area contributed by atoms with Crippen molar-refractivity contribution in [2.75, 3.05) is 13.3 Å². The van der Waals surface area contributed by atoms with Crippen LogP contribution in [0.25, 0.3) is 11.5 Å². The molecule has 1 aromatic heterocycles. The molecule has 6 nitrogen and oxygen atoms in total. The molecule has 24 heavy (non-hydrogen) atoms. The Morgan fingerprint density at radius 1 is 1.17 bits per heavy atom. The van der Waals surface area contributed by atoms with Crippen molar-refractivity contribution in [1.82, 2.24) is 15.1 Å². The molecule has 0 N–H and O–H groups in total. The fourth-order valence-corrected chi connectivity index (χ4v) is 4.94. The van der Waals surface area contributed by atoms with Gasteiger partial charge in [-0.05, 0) is 32.0 Å². The number of sulfone groups is 1. The average Bonchev–Trinajstić information content (AvgIpc) is 3.03. The second-order valence-corrected chi connectivity index (χ2v) is 8.77. The highest BCUT2D eigenvalue weighted by Gasteiger charge is 2.35. The van der Waals surface area contributed by atoms with Crippen molar-refractivity contribution in [3.63, 3.8) is 0 Å². The van der Waals surface area contributed by atoms with Crippen LogP contribution in [0.2, 0.25) is 0 Å². The summed E-state index contributed by atoms with van der Waals surface area (Å²) in [5.41, 5.74) is 0.880. The van der Waals surface area contributed by atoms with E-state index >= 15 is 0 Å². The molecule has 0 amide bonds. The minimum Gasteiger partial charge on any atom is -0.419 e. The van der Waals surface area contributed by atoms with Gasteiger partial charge >= 0.3 is 0 Å². The molecule has 1 aromatic carbocycles. The molecule has 1 aliphatic rings. The van der Waals surface area contributed by atoms with E-state index in [4.69, 9.17) is 4.42 Å². The summed E-state index contributed by atoms with van der Waals surface area (Å²) in [6.07, 6.45) is 4.98. The smallest absolute Gasteiger partial charge is 0.247 e. The molecule has 1 aliphatic carbocycles. The molecule has 1 heterocycles. The van der Waals surface area contributed by atoms with Gasteiger partial charge in [-0.2, -0.15) is 0 Å². The van der Waals surface area contributed by atoms with Crippen molar-refractivity contribution < 1.29 is 12.8 Å². The van der Waals surface area contributed by atoms with Crippen LogP contribution in [0.1, 0.15) is 31.6 Å². The molecule has 130 valence electrons. The van der Waals surface area contributed by atoms with E-state index in [9.17, 15) is 8.42 Å². The maximum Gasteiger partial charge on any atom is 0.247 e. The van der Waals surface area contributed by atoms with Crippen molar-refractivity contribution in [2.24, 2.45) is 0 Å². The van der Waals surface area contributed by atoms with Gasteiger partial charge in [0.2, 0.25) is 11.8 Å². The summed E-state index contributed by atoms with van der Waals surface area (Å²) in [5, 5.41) is 7.89. The number of rotatable bonds is 5. The van der Waals surface area contributed by atoms with Crippen molar-refractivity contribution in [3.8, 4) is 11.5 Å². The Bertz CT molecular complexity index is 773. The van der Waals surface area contributed by atoms with Crippen LogP contribution in [-0.2, 0) is 16.4 Å². The zero-order chi connectivity index (χ0) is 17.2. The summed E-state index contributed by atoms with van der Waals surface area (Å²) < 4.78 is 29.9. The normalized spacial score (nSPS) is 22.0. The van der Waals surface area contributed by atoms with Crippen LogP contribution in [0, 0.1) is 0 Å². The average molecular weight is 349 g/mol. The predicted molar refractivity (Wildman–Crippen MR) is 92.1 cm³/mol. The third kappa shape index (κ3) is 3.84. The van der Waals surface area contributed by atoms with Gasteiger partial charge < -0.3 is 4.42 Å². The van der Waals surface area contributed by atoms with Gasteiger partial charge in [0, 0.05) is 17.9 Å². The summed E-state index contributed by atoms with van der Waals surface area (Å²) in [5.74, 6) is 0.997. The molecule has 2 atom stereocenters. The fourth-order valence-electron chi connectivity index (χ4n) is 3.43. The maximum absolute atomic E-state index is 12.1. The van der Waals surface area contributed by atoms with Gasteiger partial charge in [0.1, 0.15) is 0 Å². The van der Waals surface area contributed by atoms with Crippen LogP contribution in [0.3, 0.4) is 0 Å². The van der Waals surface area contributed by atoms with E-state index in [1.807, 2.05) is 42.3 Å². The van der Waals surface area contributed by atoms with Crippen molar-refractivity contribution in [3.05, 3.63) is 36.2 Å². The molecule has 0 radical (unpaired) electrons. The van der Waals surface area contributed by atoms with E-state index < -0.39 is 9.84 Å². The zero-order valence-electron chi connectivity index (χ0n) is 14.1. The molecule has 3 rings (SSSR count). The lowest BCUT2D eigenvalue weighted by Crippen LogP contribution is -2.46. The first-order chi connectivity index (χ1) is 11.4. The highest BCUT2D eigenvalue weighted by atomic mass is 32.2. The first kappa shape index (κ1) is 17.1. The van der Waals surface area contributed by atoms with E-state index in [0.29, 0.717) is 18.3 Å². The number of benzene rings is 1. The Kier molecular flexibility index (Phi) is 5.01. The predicted octanol–water partition coefficient (Wildman–Crippen LogP) is 2.52. The monoisotopic (exact) mass is 349 g/mol. The Labute approximate surface area is 142 Å². The molecule has 0 aliphatic heterocycles. The highest BCUT2D eigenvalue weighted by Crippen LogP contribution is 2.28. The molecule has 1 saturated carbocycles.